The predicted octanol–water partition coefficient (Wildman–Crippen LogP) is 3.31. The standard InChI is InChI=1S/C15H19N3OSi/c1-20(2,3)19-15-7-5-4-6-13(15)10-17-12-14-11-16-8-9-18-14/h4-9,11-12H,10H2,1-3H3. The van der Waals surface area contributed by atoms with Crippen molar-refractivity contribution >= 4 is 14.5 Å². The first-order chi connectivity index (χ1) is 9.54. The van der Waals surface area contributed by atoms with Gasteiger partial charge in [-0.1, -0.05) is 18.2 Å². The fourth-order valence-corrected chi connectivity index (χ4v) is 2.54. The van der Waals surface area contributed by atoms with Crippen LogP contribution in [0.5, 0.6) is 5.75 Å². The average Bonchev–Trinajstić information content (AvgIpc) is 2.40. The third-order valence-corrected chi connectivity index (χ3v) is 3.29. The number of aliphatic imine (C=N–C) groups is 1. The van der Waals surface area contributed by atoms with Crippen LogP contribution >= 0.6 is 0 Å². The van der Waals surface area contributed by atoms with Crippen LogP contribution in [0.3, 0.4) is 0 Å². The second kappa shape index (κ2) is 6.43. The fourth-order valence-electron chi connectivity index (χ4n) is 1.68. The molecule has 20 heavy (non-hydrogen) atoms. The molecule has 0 aliphatic rings. The van der Waals surface area contributed by atoms with E-state index in [-0.39, 0.29) is 0 Å². The van der Waals surface area contributed by atoms with Gasteiger partial charge in [0, 0.05) is 24.2 Å². The monoisotopic (exact) mass is 285 g/mol. The van der Waals surface area contributed by atoms with Gasteiger partial charge in [-0.3, -0.25) is 15.0 Å². The molecule has 0 aliphatic heterocycles. The molecule has 2 aromatic rings. The number of hydrogen-bond acceptors (Lipinski definition) is 4. The van der Waals surface area contributed by atoms with Crippen molar-refractivity contribution in [1.82, 2.24) is 9.97 Å². The molecule has 0 atom stereocenters. The summed E-state index contributed by atoms with van der Waals surface area (Å²) < 4.78 is 6.07. The van der Waals surface area contributed by atoms with E-state index in [0.29, 0.717) is 6.54 Å². The third kappa shape index (κ3) is 4.58. The lowest BCUT2D eigenvalue weighted by atomic mass is 10.2. The van der Waals surface area contributed by atoms with E-state index in [1.807, 2.05) is 24.3 Å². The summed E-state index contributed by atoms with van der Waals surface area (Å²) in [6, 6.07) is 8.05. The Morgan fingerprint density at radius 1 is 1.20 bits per heavy atom. The lowest BCUT2D eigenvalue weighted by Gasteiger charge is -2.21. The minimum Gasteiger partial charge on any atom is -0.544 e. The van der Waals surface area contributed by atoms with Crippen LogP contribution in [0.4, 0.5) is 0 Å². The second-order valence-electron chi connectivity index (χ2n) is 5.42. The smallest absolute Gasteiger partial charge is 0.242 e. The van der Waals surface area contributed by atoms with Gasteiger partial charge in [0.25, 0.3) is 0 Å². The minimum absolute atomic E-state index is 0.581. The maximum absolute atomic E-state index is 6.07. The first-order valence-corrected chi connectivity index (χ1v) is 9.98. The molecule has 0 unspecified atom stereocenters. The molecule has 0 bridgehead atoms. The van der Waals surface area contributed by atoms with Gasteiger partial charge in [0.05, 0.1) is 18.4 Å². The average molecular weight is 285 g/mol. The Hall–Kier alpha value is -2.01. The number of para-hydroxylation sites is 1. The zero-order chi connectivity index (χ0) is 14.4. The highest BCUT2D eigenvalue weighted by Gasteiger charge is 2.17. The maximum atomic E-state index is 6.07. The summed E-state index contributed by atoms with van der Waals surface area (Å²) in [5.74, 6) is 0.933. The van der Waals surface area contributed by atoms with E-state index in [4.69, 9.17) is 4.43 Å². The summed E-state index contributed by atoms with van der Waals surface area (Å²) in [6.07, 6.45) is 6.73. The molecular weight excluding hydrogens is 266 g/mol. The van der Waals surface area contributed by atoms with Crippen molar-refractivity contribution in [3.05, 3.63) is 54.1 Å². The molecule has 1 aromatic heterocycles. The number of hydrogen-bond donors (Lipinski definition) is 0. The summed E-state index contributed by atoms with van der Waals surface area (Å²) in [5.41, 5.74) is 1.85. The first kappa shape index (κ1) is 14.4. The Morgan fingerprint density at radius 3 is 2.70 bits per heavy atom. The Bertz CT molecular complexity index is 579. The Morgan fingerprint density at radius 2 is 2.00 bits per heavy atom. The SMILES string of the molecule is C[Si](C)(C)Oc1ccccc1CN=Cc1cnccn1. The Kier molecular flexibility index (Phi) is 4.63. The van der Waals surface area contributed by atoms with Crippen LogP contribution in [0, 0.1) is 0 Å². The highest BCUT2D eigenvalue weighted by Crippen LogP contribution is 2.22. The highest BCUT2D eigenvalue weighted by atomic mass is 28.4. The van der Waals surface area contributed by atoms with Gasteiger partial charge in [-0.25, -0.2) is 0 Å². The van der Waals surface area contributed by atoms with Gasteiger partial charge in [-0.05, 0) is 25.7 Å². The number of benzene rings is 1. The zero-order valence-electron chi connectivity index (χ0n) is 12.1. The van der Waals surface area contributed by atoms with Gasteiger partial charge in [-0.15, -0.1) is 0 Å². The summed E-state index contributed by atoms with van der Waals surface area (Å²) in [6.45, 7) is 7.10. The van der Waals surface area contributed by atoms with Crippen LogP contribution in [0.1, 0.15) is 11.3 Å². The van der Waals surface area contributed by atoms with Crippen LogP contribution in [-0.4, -0.2) is 24.5 Å². The number of aromatic nitrogens is 2. The van der Waals surface area contributed by atoms with Crippen LogP contribution < -0.4 is 4.43 Å². The summed E-state index contributed by atoms with van der Waals surface area (Å²) in [5, 5.41) is 0. The lowest BCUT2D eigenvalue weighted by molar-refractivity contribution is 0.549. The molecule has 0 aliphatic carbocycles. The van der Waals surface area contributed by atoms with Gasteiger partial charge < -0.3 is 4.43 Å². The van der Waals surface area contributed by atoms with Crippen molar-refractivity contribution in [2.45, 2.75) is 26.2 Å². The molecule has 0 spiro atoms. The zero-order valence-corrected chi connectivity index (χ0v) is 13.1. The summed E-state index contributed by atoms with van der Waals surface area (Å²) in [4.78, 5) is 12.6. The van der Waals surface area contributed by atoms with Crippen LogP contribution in [0.2, 0.25) is 19.6 Å². The summed E-state index contributed by atoms with van der Waals surface area (Å²) in [7, 11) is -1.61. The molecule has 5 heteroatoms. The normalized spacial score (nSPS) is 11.8. The molecule has 0 fully saturated rings. The highest BCUT2D eigenvalue weighted by molar-refractivity contribution is 6.70. The third-order valence-electron chi connectivity index (χ3n) is 2.46. The molecule has 0 amide bonds. The largest absolute Gasteiger partial charge is 0.544 e. The molecule has 2 rings (SSSR count). The second-order valence-corrected chi connectivity index (χ2v) is 9.85. The van der Waals surface area contributed by atoms with E-state index in [9.17, 15) is 0 Å². The molecule has 0 radical (unpaired) electrons. The van der Waals surface area contributed by atoms with E-state index in [1.54, 1.807) is 24.8 Å². The first-order valence-electron chi connectivity index (χ1n) is 6.57. The number of rotatable bonds is 5. The van der Waals surface area contributed by atoms with Gasteiger partial charge >= 0.3 is 0 Å². The number of nitrogens with zero attached hydrogens (tertiary/aromatic N) is 3. The van der Waals surface area contributed by atoms with Crippen LogP contribution in [0.25, 0.3) is 0 Å². The Labute approximate surface area is 120 Å². The molecule has 104 valence electrons. The predicted molar refractivity (Wildman–Crippen MR) is 83.7 cm³/mol. The van der Waals surface area contributed by atoms with E-state index in [0.717, 1.165) is 17.0 Å². The van der Waals surface area contributed by atoms with Crippen molar-refractivity contribution < 1.29 is 4.43 Å². The minimum atomic E-state index is -1.61. The Balaban J connectivity index is 2.08. The van der Waals surface area contributed by atoms with Gasteiger partial charge in [0.2, 0.25) is 8.32 Å². The molecule has 4 nitrogen and oxygen atoms in total. The van der Waals surface area contributed by atoms with Gasteiger partial charge in [0.15, 0.2) is 0 Å². The molecule has 1 aromatic carbocycles. The summed E-state index contributed by atoms with van der Waals surface area (Å²) >= 11 is 0. The molecule has 0 N–H and O–H groups in total. The van der Waals surface area contributed by atoms with E-state index >= 15 is 0 Å². The van der Waals surface area contributed by atoms with Gasteiger partial charge in [-0.2, -0.15) is 0 Å². The van der Waals surface area contributed by atoms with Crippen molar-refractivity contribution in [2.75, 3.05) is 0 Å². The van der Waals surface area contributed by atoms with Gasteiger partial charge in [0.1, 0.15) is 5.75 Å². The van der Waals surface area contributed by atoms with Crippen LogP contribution in [0.15, 0.2) is 47.8 Å². The maximum Gasteiger partial charge on any atom is 0.242 e. The van der Waals surface area contributed by atoms with Crippen molar-refractivity contribution in [3.8, 4) is 5.75 Å². The van der Waals surface area contributed by atoms with Crippen molar-refractivity contribution in [3.63, 3.8) is 0 Å². The fraction of sp³-hybridized carbons (Fsp3) is 0.267. The van der Waals surface area contributed by atoms with E-state index in [2.05, 4.69) is 34.6 Å². The van der Waals surface area contributed by atoms with Crippen LogP contribution in [-0.2, 0) is 6.54 Å². The molecule has 0 saturated carbocycles. The topological polar surface area (TPSA) is 47.4 Å². The van der Waals surface area contributed by atoms with E-state index in [1.165, 1.54) is 0 Å². The van der Waals surface area contributed by atoms with Crippen molar-refractivity contribution in [1.29, 1.82) is 0 Å². The quantitative estimate of drug-likeness (QED) is 0.625. The lowest BCUT2D eigenvalue weighted by Crippen LogP contribution is -2.29. The molecule has 0 saturated heterocycles. The van der Waals surface area contributed by atoms with Crippen molar-refractivity contribution in [2.24, 2.45) is 4.99 Å². The molecular formula is C15H19N3OSi. The van der Waals surface area contributed by atoms with E-state index < -0.39 is 8.32 Å². The molecule has 1 heterocycles.